The van der Waals surface area contributed by atoms with E-state index in [1.165, 1.54) is 37.5 Å². The van der Waals surface area contributed by atoms with Crippen LogP contribution >= 0.6 is 0 Å². The van der Waals surface area contributed by atoms with E-state index in [1.807, 2.05) is 0 Å². The van der Waals surface area contributed by atoms with Gasteiger partial charge >= 0.3 is 5.97 Å². The van der Waals surface area contributed by atoms with Gasteiger partial charge in [0, 0.05) is 5.41 Å². The van der Waals surface area contributed by atoms with Crippen LogP contribution < -0.4 is 4.74 Å². The van der Waals surface area contributed by atoms with Gasteiger partial charge in [0.05, 0.1) is 5.56 Å². The average molecular weight is 455 g/mol. The van der Waals surface area contributed by atoms with Crippen LogP contribution in [0.1, 0.15) is 69.2 Å². The van der Waals surface area contributed by atoms with Gasteiger partial charge < -0.3 is 9.47 Å². The number of esters is 1. The number of benzene rings is 1. The normalized spacial score (nSPS) is 31.3. The van der Waals surface area contributed by atoms with Crippen LogP contribution in [-0.4, -0.2) is 36.9 Å². The van der Waals surface area contributed by atoms with Crippen molar-refractivity contribution in [1.82, 2.24) is 0 Å². The van der Waals surface area contributed by atoms with Gasteiger partial charge in [-0.05, 0) is 87.8 Å². The molecule has 0 spiro atoms. The summed E-state index contributed by atoms with van der Waals surface area (Å²) in [6.07, 6.45) is 7.99. The highest BCUT2D eigenvalue weighted by Crippen LogP contribution is 2.64. The molecule has 0 aromatic heterocycles. The SMILES string of the molecule is CCC(C)(Oc1cc(C(=O)OCCS(=O)(=O)O)ccc1F)C12CC3CC(CC(C3)C1)C2. The summed E-state index contributed by atoms with van der Waals surface area (Å²) in [7, 11) is -4.23. The van der Waals surface area contributed by atoms with Gasteiger partial charge in [0.2, 0.25) is 0 Å². The van der Waals surface area contributed by atoms with E-state index in [2.05, 4.69) is 13.8 Å². The highest BCUT2D eigenvalue weighted by Gasteiger charge is 2.59. The van der Waals surface area contributed by atoms with Crippen LogP contribution in [0.25, 0.3) is 0 Å². The number of halogens is 1. The lowest BCUT2D eigenvalue weighted by atomic mass is 9.45. The second kappa shape index (κ2) is 8.03. The van der Waals surface area contributed by atoms with Crippen LogP contribution in [0.15, 0.2) is 18.2 Å². The molecule has 4 bridgehead atoms. The summed E-state index contributed by atoms with van der Waals surface area (Å²) in [5.41, 5.74) is -0.442. The standard InChI is InChI=1S/C23H31FO6S/c1-3-22(2,23-12-15-8-16(13-23)10-17(9-15)14-23)30-20-11-18(4-5-19(20)24)21(25)29-6-7-31(26,27)28/h4-5,11,15-17H,3,6-10,12-14H2,1-2H3,(H,26,27,28). The highest BCUT2D eigenvalue weighted by atomic mass is 32.2. The molecule has 0 saturated heterocycles. The van der Waals surface area contributed by atoms with Crippen LogP contribution in [0, 0.1) is 29.0 Å². The molecular weight excluding hydrogens is 423 g/mol. The Bertz CT molecular complexity index is 924. The summed E-state index contributed by atoms with van der Waals surface area (Å²) in [4.78, 5) is 12.3. The first-order valence-corrected chi connectivity index (χ1v) is 12.7. The molecule has 0 aliphatic heterocycles. The molecule has 0 radical (unpaired) electrons. The second-order valence-corrected chi connectivity index (χ2v) is 11.5. The first-order valence-electron chi connectivity index (χ1n) is 11.1. The molecule has 4 aliphatic carbocycles. The molecule has 4 fully saturated rings. The lowest BCUT2D eigenvalue weighted by molar-refractivity contribution is -0.160. The van der Waals surface area contributed by atoms with Gasteiger partial charge in [-0.2, -0.15) is 8.42 Å². The van der Waals surface area contributed by atoms with E-state index < -0.39 is 39.9 Å². The summed E-state index contributed by atoms with van der Waals surface area (Å²) in [6, 6.07) is 3.79. The molecule has 1 aromatic carbocycles. The first-order chi connectivity index (χ1) is 14.5. The van der Waals surface area contributed by atoms with Crippen molar-refractivity contribution in [3.8, 4) is 5.75 Å². The summed E-state index contributed by atoms with van der Waals surface area (Å²) in [6.45, 7) is 3.67. The zero-order valence-corrected chi connectivity index (χ0v) is 18.9. The Morgan fingerprint density at radius 3 is 2.29 bits per heavy atom. The van der Waals surface area contributed by atoms with E-state index in [9.17, 15) is 17.6 Å². The van der Waals surface area contributed by atoms with Gasteiger partial charge in [-0.3, -0.25) is 4.55 Å². The van der Waals surface area contributed by atoms with Crippen molar-refractivity contribution in [2.45, 2.75) is 64.4 Å². The molecule has 172 valence electrons. The number of carbonyl (C=O) groups is 1. The van der Waals surface area contributed by atoms with Crippen molar-refractivity contribution in [1.29, 1.82) is 0 Å². The maximum Gasteiger partial charge on any atom is 0.338 e. The number of hydrogen-bond acceptors (Lipinski definition) is 5. The number of rotatable bonds is 8. The number of ether oxygens (including phenoxy) is 2. The van der Waals surface area contributed by atoms with E-state index in [4.69, 9.17) is 14.0 Å². The second-order valence-electron chi connectivity index (χ2n) is 9.95. The molecule has 0 amide bonds. The zero-order chi connectivity index (χ0) is 22.4. The van der Waals surface area contributed by atoms with Crippen LogP contribution in [0.5, 0.6) is 5.75 Å². The fraction of sp³-hybridized carbons (Fsp3) is 0.696. The molecule has 31 heavy (non-hydrogen) atoms. The fourth-order valence-electron chi connectivity index (χ4n) is 6.59. The van der Waals surface area contributed by atoms with Crippen LogP contribution in [0.3, 0.4) is 0 Å². The molecule has 5 rings (SSSR count). The molecule has 6 nitrogen and oxygen atoms in total. The maximum absolute atomic E-state index is 14.7. The van der Waals surface area contributed by atoms with Gasteiger partial charge in [-0.1, -0.05) is 6.92 Å². The van der Waals surface area contributed by atoms with Crippen molar-refractivity contribution >= 4 is 16.1 Å². The molecule has 1 aromatic rings. The summed E-state index contributed by atoms with van der Waals surface area (Å²) < 4.78 is 56.3. The quantitative estimate of drug-likeness (QED) is 0.455. The Balaban J connectivity index is 1.54. The summed E-state index contributed by atoms with van der Waals surface area (Å²) >= 11 is 0. The molecule has 1 unspecified atom stereocenters. The van der Waals surface area contributed by atoms with E-state index in [0.717, 1.165) is 43.4 Å². The summed E-state index contributed by atoms with van der Waals surface area (Å²) in [5.74, 6) is 0.187. The Kier molecular flexibility index (Phi) is 5.83. The van der Waals surface area contributed by atoms with E-state index in [-0.39, 0.29) is 16.7 Å². The lowest BCUT2D eigenvalue weighted by Crippen LogP contribution is -2.59. The minimum absolute atomic E-state index is 0.0179. The minimum Gasteiger partial charge on any atom is -0.484 e. The molecule has 4 aliphatic rings. The average Bonchev–Trinajstić information content (AvgIpc) is 2.67. The predicted octanol–water partition coefficient (Wildman–Crippen LogP) is 4.63. The van der Waals surface area contributed by atoms with E-state index in [0.29, 0.717) is 0 Å². The smallest absolute Gasteiger partial charge is 0.338 e. The Labute approximate surface area is 183 Å². The topological polar surface area (TPSA) is 89.9 Å². The van der Waals surface area contributed by atoms with Gasteiger partial charge in [-0.25, -0.2) is 9.18 Å². The maximum atomic E-state index is 14.7. The molecule has 8 heteroatoms. The fourth-order valence-corrected chi connectivity index (χ4v) is 6.88. The van der Waals surface area contributed by atoms with Crippen molar-refractivity contribution < 1.29 is 31.6 Å². The van der Waals surface area contributed by atoms with Crippen molar-refractivity contribution in [3.05, 3.63) is 29.6 Å². The number of carbonyl (C=O) groups excluding carboxylic acids is 1. The largest absolute Gasteiger partial charge is 0.484 e. The van der Waals surface area contributed by atoms with Crippen molar-refractivity contribution in [2.24, 2.45) is 23.2 Å². The predicted molar refractivity (Wildman–Crippen MR) is 113 cm³/mol. The summed E-state index contributed by atoms with van der Waals surface area (Å²) in [5, 5.41) is 0. The Morgan fingerprint density at radius 1 is 1.19 bits per heavy atom. The third-order valence-corrected chi connectivity index (χ3v) is 8.59. The number of hydrogen-bond donors (Lipinski definition) is 1. The third-order valence-electron chi connectivity index (χ3n) is 7.91. The van der Waals surface area contributed by atoms with Crippen LogP contribution in [0.4, 0.5) is 4.39 Å². The highest BCUT2D eigenvalue weighted by molar-refractivity contribution is 7.85. The Morgan fingerprint density at radius 2 is 1.77 bits per heavy atom. The zero-order valence-electron chi connectivity index (χ0n) is 18.1. The molecule has 1 N–H and O–H groups in total. The molecular formula is C23H31FO6S. The van der Waals surface area contributed by atoms with E-state index in [1.54, 1.807) is 0 Å². The van der Waals surface area contributed by atoms with E-state index >= 15 is 0 Å². The third kappa shape index (κ3) is 4.46. The minimum atomic E-state index is -4.23. The van der Waals surface area contributed by atoms with Crippen LogP contribution in [0.2, 0.25) is 0 Å². The van der Waals surface area contributed by atoms with Gasteiger partial charge in [0.15, 0.2) is 11.6 Å². The molecule has 0 heterocycles. The van der Waals surface area contributed by atoms with Crippen LogP contribution in [-0.2, 0) is 14.9 Å². The molecule has 4 saturated carbocycles. The van der Waals surface area contributed by atoms with Crippen molar-refractivity contribution in [2.75, 3.05) is 12.4 Å². The van der Waals surface area contributed by atoms with Gasteiger partial charge in [-0.15, -0.1) is 0 Å². The monoisotopic (exact) mass is 454 g/mol. The van der Waals surface area contributed by atoms with Crippen molar-refractivity contribution in [3.63, 3.8) is 0 Å². The van der Waals surface area contributed by atoms with Gasteiger partial charge in [0.1, 0.15) is 18.0 Å². The molecule has 1 atom stereocenters. The Hall–Kier alpha value is -1.67. The first kappa shape index (κ1) is 22.5. The lowest BCUT2D eigenvalue weighted by Gasteiger charge is -2.62. The van der Waals surface area contributed by atoms with Gasteiger partial charge in [0.25, 0.3) is 10.1 Å².